The second kappa shape index (κ2) is 8.18. The average Bonchev–Trinajstić information content (AvgIpc) is 3.41. The lowest BCUT2D eigenvalue weighted by Gasteiger charge is -2.31. The van der Waals surface area contributed by atoms with Crippen molar-refractivity contribution < 1.29 is 0 Å². The molecular weight excluding hydrogens is 324 g/mol. The molecule has 3 rings (SSSR count). The van der Waals surface area contributed by atoms with Crippen molar-refractivity contribution in [1.29, 1.82) is 0 Å². The van der Waals surface area contributed by atoms with Crippen LogP contribution < -0.4 is 22.5 Å². The van der Waals surface area contributed by atoms with Gasteiger partial charge in [0.15, 0.2) is 0 Å². The topological polar surface area (TPSA) is 115 Å². The minimum atomic E-state index is 0.320. The monoisotopic (exact) mass is 356 g/mol. The van der Waals surface area contributed by atoms with Crippen LogP contribution in [-0.2, 0) is 6.54 Å². The Hall–Kier alpha value is -1.92. The molecule has 0 radical (unpaired) electrons. The Kier molecular flexibility index (Phi) is 5.94. The van der Waals surface area contributed by atoms with Gasteiger partial charge in [0.25, 0.3) is 0 Å². The van der Waals surface area contributed by atoms with Crippen molar-refractivity contribution in [3.63, 3.8) is 0 Å². The van der Waals surface area contributed by atoms with Gasteiger partial charge in [0, 0.05) is 47.5 Å². The van der Waals surface area contributed by atoms with Crippen LogP contribution in [0.5, 0.6) is 0 Å². The molecule has 1 heterocycles. The van der Waals surface area contributed by atoms with Gasteiger partial charge in [-0.1, -0.05) is 0 Å². The molecule has 1 aromatic heterocycles. The van der Waals surface area contributed by atoms with Crippen LogP contribution in [0.2, 0.25) is 0 Å². The van der Waals surface area contributed by atoms with E-state index in [9.17, 15) is 0 Å². The number of hydrogen-bond acceptors (Lipinski definition) is 6. The Balaban J connectivity index is 1.87. The van der Waals surface area contributed by atoms with E-state index in [-0.39, 0.29) is 0 Å². The zero-order valence-electron chi connectivity index (χ0n) is 15.9. The first-order valence-corrected chi connectivity index (χ1v) is 9.70. The SMILES string of the molecule is CC(C)Nc1cc(C(C=NC2CC(CN)C2)=C(N)C2CC2)ncc1CN. The van der Waals surface area contributed by atoms with Crippen LogP contribution in [0.4, 0.5) is 5.69 Å². The van der Waals surface area contributed by atoms with Crippen molar-refractivity contribution in [2.75, 3.05) is 11.9 Å². The van der Waals surface area contributed by atoms with Crippen molar-refractivity contribution in [3.8, 4) is 0 Å². The molecule has 2 aliphatic carbocycles. The first kappa shape index (κ1) is 18.9. The van der Waals surface area contributed by atoms with Gasteiger partial charge >= 0.3 is 0 Å². The van der Waals surface area contributed by atoms with E-state index in [1.807, 2.05) is 12.4 Å². The third-order valence-electron chi connectivity index (χ3n) is 5.21. The zero-order chi connectivity index (χ0) is 18.7. The maximum absolute atomic E-state index is 6.46. The average molecular weight is 357 g/mol. The van der Waals surface area contributed by atoms with Crippen LogP contribution in [0.1, 0.15) is 50.8 Å². The number of aliphatic imine (C=N–C) groups is 1. The normalized spacial score (nSPS) is 23.9. The predicted molar refractivity (Wildman–Crippen MR) is 109 cm³/mol. The second-order valence-corrected chi connectivity index (χ2v) is 7.88. The molecule has 0 spiro atoms. The Bertz CT molecular complexity index is 684. The van der Waals surface area contributed by atoms with Crippen molar-refractivity contribution in [2.45, 2.75) is 58.2 Å². The summed E-state index contributed by atoms with van der Waals surface area (Å²) < 4.78 is 0. The molecule has 2 fully saturated rings. The van der Waals surface area contributed by atoms with E-state index in [0.29, 0.717) is 30.5 Å². The first-order valence-electron chi connectivity index (χ1n) is 9.70. The number of anilines is 1. The van der Waals surface area contributed by atoms with Gasteiger partial charge in [0.2, 0.25) is 0 Å². The van der Waals surface area contributed by atoms with Crippen LogP contribution in [0.25, 0.3) is 5.57 Å². The molecular formula is C20H32N6. The van der Waals surface area contributed by atoms with Gasteiger partial charge in [0.05, 0.1) is 11.7 Å². The number of nitrogens with two attached hydrogens (primary N) is 3. The van der Waals surface area contributed by atoms with E-state index in [1.165, 1.54) is 0 Å². The van der Waals surface area contributed by atoms with Crippen LogP contribution in [0.3, 0.4) is 0 Å². The van der Waals surface area contributed by atoms with Gasteiger partial charge < -0.3 is 22.5 Å². The number of rotatable bonds is 8. The molecule has 7 N–H and O–H groups in total. The summed E-state index contributed by atoms with van der Waals surface area (Å²) in [4.78, 5) is 9.40. The van der Waals surface area contributed by atoms with E-state index >= 15 is 0 Å². The van der Waals surface area contributed by atoms with E-state index in [2.05, 4.69) is 30.2 Å². The van der Waals surface area contributed by atoms with Crippen molar-refractivity contribution in [3.05, 3.63) is 29.2 Å². The molecule has 26 heavy (non-hydrogen) atoms. The first-order chi connectivity index (χ1) is 12.5. The molecule has 0 unspecified atom stereocenters. The Morgan fingerprint density at radius 2 is 2.08 bits per heavy atom. The van der Waals surface area contributed by atoms with Crippen molar-refractivity contribution >= 4 is 17.5 Å². The highest BCUT2D eigenvalue weighted by atomic mass is 14.9. The van der Waals surface area contributed by atoms with Gasteiger partial charge in [-0.25, -0.2) is 0 Å². The van der Waals surface area contributed by atoms with Crippen LogP contribution >= 0.6 is 0 Å². The minimum Gasteiger partial charge on any atom is -0.401 e. The molecule has 2 aliphatic rings. The molecule has 6 nitrogen and oxygen atoms in total. The fourth-order valence-electron chi connectivity index (χ4n) is 3.34. The van der Waals surface area contributed by atoms with Crippen molar-refractivity contribution in [1.82, 2.24) is 4.98 Å². The summed E-state index contributed by atoms with van der Waals surface area (Å²) in [5.41, 5.74) is 22.8. The van der Waals surface area contributed by atoms with Gasteiger partial charge in [-0.15, -0.1) is 0 Å². The highest BCUT2D eigenvalue weighted by Gasteiger charge is 2.29. The molecule has 1 aromatic rings. The maximum Gasteiger partial charge on any atom is 0.0755 e. The molecule has 0 aliphatic heterocycles. The van der Waals surface area contributed by atoms with Gasteiger partial charge in [0.1, 0.15) is 0 Å². The molecule has 0 aromatic carbocycles. The number of nitrogens with zero attached hydrogens (tertiary/aromatic N) is 2. The third kappa shape index (κ3) is 4.43. The van der Waals surface area contributed by atoms with E-state index < -0.39 is 0 Å². The second-order valence-electron chi connectivity index (χ2n) is 7.88. The quantitative estimate of drug-likeness (QED) is 0.533. The largest absolute Gasteiger partial charge is 0.401 e. The zero-order valence-corrected chi connectivity index (χ0v) is 15.9. The Morgan fingerprint density at radius 1 is 1.35 bits per heavy atom. The number of allylic oxidation sites excluding steroid dienone is 2. The van der Waals surface area contributed by atoms with Crippen LogP contribution in [0, 0.1) is 11.8 Å². The lowest BCUT2D eigenvalue weighted by Crippen LogP contribution is -2.32. The van der Waals surface area contributed by atoms with E-state index in [4.69, 9.17) is 22.2 Å². The van der Waals surface area contributed by atoms with Crippen LogP contribution in [-0.4, -0.2) is 29.8 Å². The highest BCUT2D eigenvalue weighted by Crippen LogP contribution is 2.37. The molecule has 0 saturated heterocycles. The molecule has 0 amide bonds. The summed E-state index contributed by atoms with van der Waals surface area (Å²) in [5.74, 6) is 1.08. The molecule has 142 valence electrons. The smallest absolute Gasteiger partial charge is 0.0755 e. The Morgan fingerprint density at radius 3 is 2.65 bits per heavy atom. The lowest BCUT2D eigenvalue weighted by molar-refractivity contribution is 0.276. The molecule has 6 heteroatoms. The number of nitrogens with one attached hydrogen (secondary N) is 1. The highest BCUT2D eigenvalue weighted by molar-refractivity contribution is 6.10. The molecule has 0 atom stereocenters. The summed E-state index contributed by atoms with van der Waals surface area (Å²) in [6.45, 7) is 5.44. The summed E-state index contributed by atoms with van der Waals surface area (Å²) in [6.07, 6.45) is 8.24. The lowest BCUT2D eigenvalue weighted by atomic mass is 9.81. The maximum atomic E-state index is 6.46. The van der Waals surface area contributed by atoms with Gasteiger partial charge in [-0.05, 0) is 64.0 Å². The van der Waals surface area contributed by atoms with E-state index in [1.54, 1.807) is 0 Å². The minimum absolute atomic E-state index is 0.320. The van der Waals surface area contributed by atoms with Crippen LogP contribution in [0.15, 0.2) is 23.0 Å². The standard InChI is InChI=1S/C20H32N6/c1-12(2)26-18-7-19(25-10-15(18)9-22)17(20(23)14-3-4-14)11-24-16-5-13(6-16)8-21/h7,10-14,16H,3-6,8-9,21-23H2,1-2H3,(H,25,26). The van der Waals surface area contributed by atoms with E-state index in [0.717, 1.165) is 60.4 Å². The predicted octanol–water partition coefficient (Wildman–Crippen LogP) is 2.25. The number of aromatic nitrogens is 1. The summed E-state index contributed by atoms with van der Waals surface area (Å²) >= 11 is 0. The number of pyridine rings is 1. The van der Waals surface area contributed by atoms with Gasteiger partial charge in [-0.3, -0.25) is 9.98 Å². The number of hydrogen-bond donors (Lipinski definition) is 4. The fourth-order valence-corrected chi connectivity index (χ4v) is 3.34. The van der Waals surface area contributed by atoms with Gasteiger partial charge in [-0.2, -0.15) is 0 Å². The molecule has 2 saturated carbocycles. The summed E-state index contributed by atoms with van der Waals surface area (Å²) in [5, 5.41) is 3.46. The Labute approximate surface area is 156 Å². The third-order valence-corrected chi connectivity index (χ3v) is 5.21. The van der Waals surface area contributed by atoms with Crippen molar-refractivity contribution in [2.24, 2.45) is 34.0 Å². The summed E-state index contributed by atoms with van der Waals surface area (Å²) in [7, 11) is 0. The summed E-state index contributed by atoms with van der Waals surface area (Å²) in [6, 6.07) is 2.74. The molecule has 0 bridgehead atoms. The fraction of sp³-hybridized carbons (Fsp3) is 0.600.